The molecule has 2 aliphatic heterocycles. The monoisotopic (exact) mass is 502 g/mol. The Hall–Kier alpha value is -4.24. The van der Waals surface area contributed by atoms with Gasteiger partial charge in [-0.05, 0) is 63.8 Å². The molecule has 0 saturated heterocycles. The van der Waals surface area contributed by atoms with E-state index in [0.29, 0.717) is 5.92 Å². The van der Waals surface area contributed by atoms with Crippen LogP contribution < -0.4 is 20.7 Å². The smallest absolute Gasteiger partial charge is 0.252 e. The second kappa shape index (κ2) is 8.13. The summed E-state index contributed by atoms with van der Waals surface area (Å²) >= 11 is 0. The molecule has 0 fully saturated rings. The molecule has 188 valence electrons. The van der Waals surface area contributed by atoms with Gasteiger partial charge in [-0.1, -0.05) is 112 Å². The molecule has 2 heterocycles. The average molecular weight is 502 g/mol. The van der Waals surface area contributed by atoms with Crippen LogP contribution in [0.25, 0.3) is 5.47 Å². The normalized spacial score (nSPS) is 21.5. The first-order valence-electron chi connectivity index (χ1n) is 14.1. The molecule has 4 aromatic rings. The molecule has 0 aromatic heterocycles. The molecule has 0 saturated carbocycles. The molecule has 4 aliphatic rings. The molecule has 39 heavy (non-hydrogen) atoms. The summed E-state index contributed by atoms with van der Waals surface area (Å²) in [7, 11) is 0. The van der Waals surface area contributed by atoms with Crippen LogP contribution in [0.1, 0.15) is 31.9 Å². The van der Waals surface area contributed by atoms with E-state index in [2.05, 4.69) is 152 Å². The van der Waals surface area contributed by atoms with Gasteiger partial charge in [0.1, 0.15) is 0 Å². The number of anilines is 4. The van der Waals surface area contributed by atoms with Crippen molar-refractivity contribution in [2.24, 2.45) is 5.92 Å². The van der Waals surface area contributed by atoms with E-state index in [9.17, 15) is 0 Å². The van der Waals surface area contributed by atoms with Crippen LogP contribution >= 0.6 is 0 Å². The van der Waals surface area contributed by atoms with Crippen LogP contribution in [0.4, 0.5) is 22.7 Å². The topological polar surface area (TPSA) is 6.48 Å². The summed E-state index contributed by atoms with van der Waals surface area (Å²) in [5.74, 6) is 0.400. The number of para-hydroxylation sites is 2. The number of hydrogen-bond acceptors (Lipinski definition) is 2. The fourth-order valence-electron chi connectivity index (χ4n) is 7.65. The molecule has 0 spiro atoms. The number of nitrogens with zero attached hydrogens (tertiary/aromatic N) is 2. The van der Waals surface area contributed by atoms with E-state index in [0.717, 1.165) is 0 Å². The van der Waals surface area contributed by atoms with Crippen molar-refractivity contribution in [2.45, 2.75) is 32.2 Å². The van der Waals surface area contributed by atoms with E-state index in [1.807, 2.05) is 0 Å². The Morgan fingerprint density at radius 3 is 2.23 bits per heavy atom. The Morgan fingerprint density at radius 1 is 0.692 bits per heavy atom. The van der Waals surface area contributed by atoms with Crippen molar-refractivity contribution >= 4 is 45.9 Å². The van der Waals surface area contributed by atoms with E-state index < -0.39 is 0 Å². The lowest BCUT2D eigenvalue weighted by Gasteiger charge is -2.49. The van der Waals surface area contributed by atoms with Crippen LogP contribution in [0.3, 0.4) is 0 Å². The predicted molar refractivity (Wildman–Crippen MR) is 166 cm³/mol. The molecule has 0 radical (unpaired) electrons. The standard InChI is InChI=1S/C36H31BN2/c1-24-14-7-11-20-29(24)39-32-23-13-22-31-34(32)37(33-26-17-8-9-18-27(26)36(2,3)35(33)39)28-19-10-12-21-30(28)38(31)25-15-5-4-6-16-25/h4-24,29H,1-3H3. The first kappa shape index (κ1) is 22.7. The molecule has 0 N–H and O–H groups in total. The summed E-state index contributed by atoms with van der Waals surface area (Å²) in [6, 6.07) is 36.2. The van der Waals surface area contributed by atoms with Gasteiger partial charge in [0.15, 0.2) is 0 Å². The van der Waals surface area contributed by atoms with Crippen molar-refractivity contribution in [3.05, 3.63) is 138 Å². The summed E-state index contributed by atoms with van der Waals surface area (Å²) in [6.45, 7) is 7.38. The van der Waals surface area contributed by atoms with E-state index in [-0.39, 0.29) is 18.2 Å². The minimum absolute atomic E-state index is 0.111. The van der Waals surface area contributed by atoms with Gasteiger partial charge < -0.3 is 9.80 Å². The zero-order valence-corrected chi connectivity index (χ0v) is 22.7. The third-order valence-corrected chi connectivity index (χ3v) is 9.29. The summed E-state index contributed by atoms with van der Waals surface area (Å²) in [5, 5.41) is 0. The molecular weight excluding hydrogens is 471 g/mol. The van der Waals surface area contributed by atoms with Crippen molar-refractivity contribution in [1.82, 2.24) is 0 Å². The predicted octanol–water partition coefficient (Wildman–Crippen LogP) is 7.27. The van der Waals surface area contributed by atoms with Crippen LogP contribution in [0, 0.1) is 5.92 Å². The molecule has 0 amide bonds. The van der Waals surface area contributed by atoms with Gasteiger partial charge in [-0.3, -0.25) is 0 Å². The number of rotatable bonds is 2. The average Bonchev–Trinajstić information content (AvgIpc) is 3.21. The second-order valence-electron chi connectivity index (χ2n) is 11.8. The largest absolute Gasteiger partial charge is 0.338 e. The van der Waals surface area contributed by atoms with E-state index in [4.69, 9.17) is 0 Å². The van der Waals surface area contributed by atoms with Crippen LogP contribution in [0.2, 0.25) is 0 Å². The number of fused-ring (bicyclic) bond motifs is 5. The molecule has 8 rings (SSSR count). The van der Waals surface area contributed by atoms with Crippen molar-refractivity contribution in [3.8, 4) is 0 Å². The number of allylic oxidation sites excluding steroid dienone is 3. The van der Waals surface area contributed by atoms with Crippen molar-refractivity contribution in [3.63, 3.8) is 0 Å². The molecule has 2 atom stereocenters. The summed E-state index contributed by atoms with van der Waals surface area (Å²) in [5.41, 5.74) is 13.5. The number of benzene rings is 4. The van der Waals surface area contributed by atoms with E-state index in [1.54, 1.807) is 0 Å². The third-order valence-electron chi connectivity index (χ3n) is 9.29. The molecular formula is C36H31BN2. The molecule has 0 bridgehead atoms. The van der Waals surface area contributed by atoms with Crippen molar-refractivity contribution in [2.75, 3.05) is 9.80 Å². The van der Waals surface area contributed by atoms with Crippen LogP contribution in [0.5, 0.6) is 0 Å². The molecule has 3 heteroatoms. The highest BCUT2D eigenvalue weighted by molar-refractivity contribution is 7.03. The van der Waals surface area contributed by atoms with Crippen LogP contribution in [-0.2, 0) is 5.41 Å². The van der Waals surface area contributed by atoms with Gasteiger partial charge in [-0.15, -0.1) is 0 Å². The quantitative estimate of drug-likeness (QED) is 0.266. The highest BCUT2D eigenvalue weighted by Crippen LogP contribution is 2.54. The lowest BCUT2D eigenvalue weighted by atomic mass is 9.32. The fourth-order valence-corrected chi connectivity index (χ4v) is 7.65. The van der Waals surface area contributed by atoms with E-state index in [1.165, 1.54) is 56.0 Å². The van der Waals surface area contributed by atoms with Gasteiger partial charge >= 0.3 is 0 Å². The van der Waals surface area contributed by atoms with Gasteiger partial charge in [-0.2, -0.15) is 0 Å². The SMILES string of the molecule is CC1C=CC=CC1N1C2=C(B3c4ccccc4N(c4ccccc4)c4cccc1c43)c1ccccc1C2(C)C. The maximum atomic E-state index is 2.70. The Morgan fingerprint density at radius 2 is 1.38 bits per heavy atom. The lowest BCUT2D eigenvalue weighted by Crippen LogP contribution is -2.58. The van der Waals surface area contributed by atoms with Crippen LogP contribution in [-0.4, -0.2) is 12.8 Å². The Bertz CT molecular complexity index is 1730. The van der Waals surface area contributed by atoms with Gasteiger partial charge in [0, 0.05) is 33.9 Å². The number of hydrogen-bond donors (Lipinski definition) is 0. The van der Waals surface area contributed by atoms with Crippen molar-refractivity contribution in [1.29, 1.82) is 0 Å². The summed E-state index contributed by atoms with van der Waals surface area (Å²) < 4.78 is 0. The summed E-state index contributed by atoms with van der Waals surface area (Å²) in [4.78, 5) is 5.17. The maximum Gasteiger partial charge on any atom is 0.252 e. The fraction of sp³-hybridized carbons (Fsp3) is 0.167. The van der Waals surface area contributed by atoms with E-state index >= 15 is 0 Å². The van der Waals surface area contributed by atoms with Gasteiger partial charge in [-0.25, -0.2) is 0 Å². The lowest BCUT2D eigenvalue weighted by molar-refractivity contribution is 0.536. The third kappa shape index (κ3) is 2.99. The maximum absolute atomic E-state index is 2.70. The minimum atomic E-state index is -0.111. The summed E-state index contributed by atoms with van der Waals surface area (Å²) in [6.07, 6.45) is 9.19. The van der Waals surface area contributed by atoms with Gasteiger partial charge in [0.05, 0.1) is 6.04 Å². The Balaban J connectivity index is 1.49. The first-order chi connectivity index (χ1) is 19.1. The molecule has 2 aliphatic carbocycles. The van der Waals surface area contributed by atoms with Gasteiger partial charge in [0.2, 0.25) is 0 Å². The van der Waals surface area contributed by atoms with Crippen LogP contribution in [0.15, 0.2) is 127 Å². The zero-order valence-electron chi connectivity index (χ0n) is 22.7. The molecule has 2 unspecified atom stereocenters. The highest BCUT2D eigenvalue weighted by atomic mass is 15.2. The highest BCUT2D eigenvalue weighted by Gasteiger charge is 2.52. The Kier molecular flexibility index (Phi) is 4.74. The second-order valence-corrected chi connectivity index (χ2v) is 11.8. The molecule has 4 aromatic carbocycles. The van der Waals surface area contributed by atoms with Gasteiger partial charge in [0.25, 0.3) is 6.71 Å². The minimum Gasteiger partial charge on any atom is -0.338 e. The Labute approximate surface area is 231 Å². The van der Waals surface area contributed by atoms with Crippen molar-refractivity contribution < 1.29 is 0 Å². The first-order valence-corrected chi connectivity index (χ1v) is 14.1. The molecule has 2 nitrogen and oxygen atoms in total. The zero-order chi connectivity index (χ0) is 26.3.